The van der Waals surface area contributed by atoms with Crippen molar-refractivity contribution >= 4 is 28.6 Å². The van der Waals surface area contributed by atoms with Gasteiger partial charge in [0.2, 0.25) is 11.7 Å². The molecule has 1 aliphatic rings. The lowest BCUT2D eigenvalue weighted by atomic mass is 9.97. The summed E-state index contributed by atoms with van der Waals surface area (Å²) in [6.07, 6.45) is 1.96. The molecule has 1 amide bonds. The third-order valence-electron chi connectivity index (χ3n) is 5.45. The Morgan fingerprint density at radius 3 is 2.47 bits per heavy atom. The number of carbonyl (C=O) groups is 1. The van der Waals surface area contributed by atoms with E-state index in [1.807, 2.05) is 17.0 Å². The van der Waals surface area contributed by atoms with Crippen LogP contribution in [0.4, 0.5) is 0 Å². The highest BCUT2D eigenvalue weighted by molar-refractivity contribution is 7.10. The zero-order valence-electron chi connectivity index (χ0n) is 17.3. The van der Waals surface area contributed by atoms with E-state index in [0.717, 1.165) is 18.5 Å². The van der Waals surface area contributed by atoms with Crippen LogP contribution >= 0.6 is 22.7 Å². The van der Waals surface area contributed by atoms with Crippen molar-refractivity contribution in [3.05, 3.63) is 62.0 Å². The first-order valence-corrected chi connectivity index (χ1v) is 11.6. The van der Waals surface area contributed by atoms with Crippen LogP contribution in [0, 0.1) is 0 Å². The van der Waals surface area contributed by atoms with Gasteiger partial charge in [-0.15, -0.1) is 22.7 Å². The minimum atomic E-state index is 0.0208. The molecule has 7 heteroatoms. The van der Waals surface area contributed by atoms with Crippen molar-refractivity contribution in [3.8, 4) is 17.2 Å². The number of aryl methyl sites for hydroxylation is 1. The van der Waals surface area contributed by atoms with Gasteiger partial charge in [-0.25, -0.2) is 0 Å². The van der Waals surface area contributed by atoms with E-state index in [2.05, 4.69) is 29.0 Å². The van der Waals surface area contributed by atoms with Gasteiger partial charge in [0.05, 0.1) is 27.4 Å². The van der Waals surface area contributed by atoms with Crippen LogP contribution in [0.25, 0.3) is 0 Å². The molecule has 0 spiro atoms. The summed E-state index contributed by atoms with van der Waals surface area (Å²) < 4.78 is 16.3. The molecule has 0 saturated heterocycles. The molecule has 1 atom stereocenters. The summed E-state index contributed by atoms with van der Waals surface area (Å²) in [4.78, 5) is 17.9. The molecule has 3 heterocycles. The highest BCUT2D eigenvalue weighted by Crippen LogP contribution is 2.41. The molecule has 1 aliphatic heterocycles. The number of hydrogen-bond donors (Lipinski definition) is 0. The van der Waals surface area contributed by atoms with Gasteiger partial charge in [-0.05, 0) is 59.0 Å². The maximum Gasteiger partial charge on any atom is 0.223 e. The molecule has 1 aromatic carbocycles. The Labute approximate surface area is 184 Å². The second-order valence-corrected chi connectivity index (χ2v) is 9.07. The maximum absolute atomic E-state index is 13.3. The van der Waals surface area contributed by atoms with Crippen LogP contribution in [-0.2, 0) is 17.6 Å². The lowest BCUT2D eigenvalue weighted by Crippen LogP contribution is -2.39. The van der Waals surface area contributed by atoms with E-state index in [0.29, 0.717) is 30.1 Å². The zero-order chi connectivity index (χ0) is 21.1. The van der Waals surface area contributed by atoms with Crippen molar-refractivity contribution in [2.24, 2.45) is 0 Å². The van der Waals surface area contributed by atoms with Crippen LogP contribution < -0.4 is 14.2 Å². The fraction of sp³-hybridized carbons (Fsp3) is 0.348. The number of thiophene rings is 2. The Morgan fingerprint density at radius 2 is 1.83 bits per heavy atom. The summed E-state index contributed by atoms with van der Waals surface area (Å²) in [6.45, 7) is 0.754. The summed E-state index contributed by atoms with van der Waals surface area (Å²) >= 11 is 3.50. The van der Waals surface area contributed by atoms with E-state index in [9.17, 15) is 4.79 Å². The summed E-state index contributed by atoms with van der Waals surface area (Å²) in [5, 5.41) is 4.21. The first-order valence-electron chi connectivity index (χ1n) is 9.84. The van der Waals surface area contributed by atoms with Crippen molar-refractivity contribution in [3.63, 3.8) is 0 Å². The Hall–Kier alpha value is -2.51. The highest BCUT2D eigenvalue weighted by Gasteiger charge is 2.33. The second-order valence-electron chi connectivity index (χ2n) is 7.09. The molecule has 30 heavy (non-hydrogen) atoms. The third kappa shape index (κ3) is 3.91. The first-order chi connectivity index (χ1) is 14.7. The molecule has 0 saturated carbocycles. The molecule has 0 aliphatic carbocycles. The van der Waals surface area contributed by atoms with Crippen molar-refractivity contribution in [1.82, 2.24) is 4.90 Å². The molecule has 2 aromatic heterocycles. The fourth-order valence-corrected chi connectivity index (χ4v) is 5.77. The standard InChI is InChI=1S/C23H25NO4S2/c1-26-17-13-15(14-18(27-2)23(17)28-3)6-7-21(25)24-10-8-19-16(9-12-30-19)22(24)20-5-4-11-29-20/h4-5,9,11-14,22H,6-8,10H2,1-3H3. The van der Waals surface area contributed by atoms with E-state index in [1.54, 1.807) is 44.0 Å². The number of hydrogen-bond acceptors (Lipinski definition) is 6. The third-order valence-corrected chi connectivity index (χ3v) is 7.37. The van der Waals surface area contributed by atoms with Gasteiger partial charge in [0, 0.05) is 22.7 Å². The number of benzene rings is 1. The van der Waals surface area contributed by atoms with Crippen LogP contribution in [0.15, 0.2) is 41.1 Å². The summed E-state index contributed by atoms with van der Waals surface area (Å²) in [7, 11) is 4.79. The van der Waals surface area contributed by atoms with Gasteiger partial charge in [0.25, 0.3) is 0 Å². The summed E-state index contributed by atoms with van der Waals surface area (Å²) in [5.74, 6) is 1.95. The van der Waals surface area contributed by atoms with Crippen molar-refractivity contribution in [2.45, 2.75) is 25.3 Å². The number of rotatable bonds is 7. The molecule has 0 radical (unpaired) electrons. The molecule has 0 bridgehead atoms. The van der Waals surface area contributed by atoms with Gasteiger partial charge >= 0.3 is 0 Å². The SMILES string of the molecule is COc1cc(CCC(=O)N2CCc3sccc3C2c2cccs2)cc(OC)c1OC. The molecule has 4 rings (SSSR count). The molecule has 3 aromatic rings. The number of carbonyl (C=O) groups excluding carboxylic acids is 1. The van der Waals surface area contributed by atoms with Crippen LogP contribution in [0.5, 0.6) is 17.2 Å². The minimum absolute atomic E-state index is 0.0208. The molecule has 5 nitrogen and oxygen atoms in total. The van der Waals surface area contributed by atoms with E-state index >= 15 is 0 Å². The Kier molecular flexibility index (Phi) is 6.29. The van der Waals surface area contributed by atoms with Gasteiger partial charge in [-0.3, -0.25) is 4.79 Å². The van der Waals surface area contributed by atoms with Gasteiger partial charge in [-0.1, -0.05) is 6.07 Å². The van der Waals surface area contributed by atoms with Crippen molar-refractivity contribution in [1.29, 1.82) is 0 Å². The Balaban J connectivity index is 1.54. The second kappa shape index (κ2) is 9.10. The molecule has 0 fully saturated rings. The topological polar surface area (TPSA) is 48.0 Å². The van der Waals surface area contributed by atoms with Crippen molar-refractivity contribution in [2.75, 3.05) is 27.9 Å². The van der Waals surface area contributed by atoms with Gasteiger partial charge < -0.3 is 19.1 Å². The van der Waals surface area contributed by atoms with Crippen LogP contribution in [-0.4, -0.2) is 38.7 Å². The lowest BCUT2D eigenvalue weighted by molar-refractivity contribution is -0.133. The van der Waals surface area contributed by atoms with Crippen LogP contribution in [0.1, 0.15) is 33.3 Å². The van der Waals surface area contributed by atoms with Gasteiger partial charge in [-0.2, -0.15) is 0 Å². The van der Waals surface area contributed by atoms with Crippen LogP contribution in [0.2, 0.25) is 0 Å². The number of amides is 1. The highest BCUT2D eigenvalue weighted by atomic mass is 32.1. The smallest absolute Gasteiger partial charge is 0.223 e. The predicted octanol–water partition coefficient (Wildman–Crippen LogP) is 4.94. The predicted molar refractivity (Wildman–Crippen MR) is 120 cm³/mol. The Bertz CT molecular complexity index is 987. The maximum atomic E-state index is 13.3. The van der Waals surface area contributed by atoms with E-state index in [1.165, 1.54) is 15.3 Å². The first kappa shape index (κ1) is 20.8. The van der Waals surface area contributed by atoms with E-state index in [4.69, 9.17) is 14.2 Å². The van der Waals surface area contributed by atoms with Gasteiger partial charge in [0.1, 0.15) is 0 Å². The van der Waals surface area contributed by atoms with Crippen LogP contribution in [0.3, 0.4) is 0 Å². The number of fused-ring (bicyclic) bond motifs is 1. The average molecular weight is 444 g/mol. The lowest BCUT2D eigenvalue weighted by Gasteiger charge is -2.35. The summed E-state index contributed by atoms with van der Waals surface area (Å²) in [6, 6.07) is 10.2. The van der Waals surface area contributed by atoms with Crippen molar-refractivity contribution < 1.29 is 19.0 Å². The molecule has 1 unspecified atom stereocenters. The molecular weight excluding hydrogens is 418 g/mol. The average Bonchev–Trinajstić information content (AvgIpc) is 3.47. The number of ether oxygens (including phenoxy) is 3. The minimum Gasteiger partial charge on any atom is -0.493 e. The van der Waals surface area contributed by atoms with Gasteiger partial charge in [0.15, 0.2) is 11.5 Å². The monoisotopic (exact) mass is 443 g/mol. The quantitative estimate of drug-likeness (QED) is 0.519. The number of methoxy groups -OCH3 is 3. The fourth-order valence-electron chi connectivity index (χ4n) is 4.01. The van der Waals surface area contributed by atoms with E-state index < -0.39 is 0 Å². The van der Waals surface area contributed by atoms with E-state index in [-0.39, 0.29) is 11.9 Å². The molecule has 0 N–H and O–H groups in total. The number of nitrogens with zero attached hydrogens (tertiary/aromatic N) is 1. The molecule has 158 valence electrons. The normalized spacial score (nSPS) is 15.6. The molecular formula is C23H25NO4S2. The largest absolute Gasteiger partial charge is 0.493 e. The zero-order valence-corrected chi connectivity index (χ0v) is 19.0. The Morgan fingerprint density at radius 1 is 1.07 bits per heavy atom. The summed E-state index contributed by atoms with van der Waals surface area (Å²) in [5.41, 5.74) is 2.26.